The van der Waals surface area contributed by atoms with Gasteiger partial charge in [0, 0.05) is 16.5 Å². The first-order valence-corrected chi connectivity index (χ1v) is 8.42. The molecular weight excluding hydrogens is 304 g/mol. The zero-order valence-electron chi connectivity index (χ0n) is 13.0. The molecule has 1 atom stereocenters. The average Bonchev–Trinajstić information content (AvgIpc) is 3.03. The lowest BCUT2D eigenvalue weighted by Crippen LogP contribution is -2.16. The van der Waals surface area contributed by atoms with Crippen LogP contribution in [0.15, 0.2) is 54.6 Å². The van der Waals surface area contributed by atoms with Crippen molar-refractivity contribution in [1.82, 2.24) is 5.32 Å². The number of hydrogen-bond acceptors (Lipinski definition) is 4. The van der Waals surface area contributed by atoms with Crippen LogP contribution in [0.4, 0.5) is 0 Å². The number of nitrogens with zero attached hydrogens (tertiary/aromatic N) is 1. The third-order valence-corrected chi connectivity index (χ3v) is 4.73. The monoisotopic (exact) mass is 322 g/mol. The van der Waals surface area contributed by atoms with E-state index in [0.29, 0.717) is 4.88 Å². The van der Waals surface area contributed by atoms with Crippen molar-refractivity contribution in [2.45, 2.75) is 12.5 Å². The number of nitrogens with one attached hydrogen (secondary N) is 1. The Morgan fingerprint density at radius 2 is 2.00 bits per heavy atom. The van der Waals surface area contributed by atoms with E-state index in [1.807, 2.05) is 49.5 Å². The molecule has 3 nitrogen and oxygen atoms in total. The highest BCUT2D eigenvalue weighted by molar-refractivity contribution is 7.19. The zero-order valence-corrected chi connectivity index (χ0v) is 13.8. The minimum atomic E-state index is -0.0142. The molecule has 23 heavy (non-hydrogen) atoms. The smallest absolute Gasteiger partial charge is 0.128 e. The lowest BCUT2D eigenvalue weighted by atomic mass is 10.1. The third kappa shape index (κ3) is 3.53. The van der Waals surface area contributed by atoms with Crippen molar-refractivity contribution in [3.8, 4) is 11.8 Å². The van der Waals surface area contributed by atoms with E-state index in [2.05, 4.69) is 23.5 Å². The fraction of sp³-hybridized carbons (Fsp3) is 0.211. The van der Waals surface area contributed by atoms with E-state index in [1.54, 1.807) is 0 Å². The van der Waals surface area contributed by atoms with Gasteiger partial charge in [-0.05, 0) is 37.4 Å². The summed E-state index contributed by atoms with van der Waals surface area (Å²) in [5.41, 5.74) is 1.16. The Morgan fingerprint density at radius 3 is 2.74 bits per heavy atom. The fourth-order valence-electron chi connectivity index (χ4n) is 2.58. The summed E-state index contributed by atoms with van der Waals surface area (Å²) in [5, 5.41) is 13.3. The molecule has 3 aromatic rings. The topological polar surface area (TPSA) is 45.0 Å². The molecule has 0 fully saturated rings. The van der Waals surface area contributed by atoms with Crippen molar-refractivity contribution in [3.63, 3.8) is 0 Å². The van der Waals surface area contributed by atoms with E-state index in [9.17, 15) is 0 Å². The van der Waals surface area contributed by atoms with Gasteiger partial charge < -0.3 is 10.1 Å². The van der Waals surface area contributed by atoms with Crippen LogP contribution in [0, 0.1) is 11.3 Å². The summed E-state index contributed by atoms with van der Waals surface area (Å²) >= 11 is 1.50. The highest BCUT2D eigenvalue weighted by Gasteiger charge is 2.15. The molecule has 0 aliphatic rings. The SMILES string of the molecule is CNCC[C@@H](Oc1cccc2sc(C#N)cc12)c1ccccc1. The van der Waals surface area contributed by atoms with Gasteiger partial charge in [0.05, 0.1) is 0 Å². The van der Waals surface area contributed by atoms with E-state index in [-0.39, 0.29) is 6.10 Å². The van der Waals surface area contributed by atoms with Gasteiger partial charge in [-0.25, -0.2) is 0 Å². The van der Waals surface area contributed by atoms with Gasteiger partial charge >= 0.3 is 0 Å². The number of fused-ring (bicyclic) bond motifs is 1. The summed E-state index contributed by atoms with van der Waals surface area (Å²) in [6.07, 6.45) is 0.867. The molecule has 116 valence electrons. The third-order valence-electron chi connectivity index (χ3n) is 3.73. The Balaban J connectivity index is 1.93. The first kappa shape index (κ1) is 15.5. The van der Waals surface area contributed by atoms with Crippen LogP contribution >= 0.6 is 11.3 Å². The van der Waals surface area contributed by atoms with Crippen LogP contribution in [0.25, 0.3) is 10.1 Å². The summed E-state index contributed by atoms with van der Waals surface area (Å²) in [5.74, 6) is 0.838. The van der Waals surface area contributed by atoms with Crippen molar-refractivity contribution in [2.24, 2.45) is 0 Å². The van der Waals surface area contributed by atoms with Crippen molar-refractivity contribution < 1.29 is 4.74 Å². The Hall–Kier alpha value is -2.35. The largest absolute Gasteiger partial charge is 0.485 e. The summed E-state index contributed by atoms with van der Waals surface area (Å²) in [6, 6.07) is 20.4. The Morgan fingerprint density at radius 1 is 1.17 bits per heavy atom. The van der Waals surface area contributed by atoms with Crippen LogP contribution in [0.2, 0.25) is 0 Å². The van der Waals surface area contributed by atoms with Crippen molar-refractivity contribution >= 4 is 21.4 Å². The van der Waals surface area contributed by atoms with E-state index < -0.39 is 0 Å². The highest BCUT2D eigenvalue weighted by Crippen LogP contribution is 2.35. The zero-order chi connectivity index (χ0) is 16.1. The first-order valence-electron chi connectivity index (χ1n) is 7.60. The summed E-state index contributed by atoms with van der Waals surface area (Å²) in [6.45, 7) is 0.878. The second kappa shape index (κ2) is 7.28. The maximum Gasteiger partial charge on any atom is 0.128 e. The van der Waals surface area contributed by atoms with Crippen molar-refractivity contribution in [2.75, 3.05) is 13.6 Å². The molecule has 1 heterocycles. The molecular formula is C19H18N2OS. The van der Waals surface area contributed by atoms with Gasteiger partial charge in [0.2, 0.25) is 0 Å². The molecule has 0 unspecified atom stereocenters. The molecule has 0 saturated carbocycles. The van der Waals surface area contributed by atoms with Crippen LogP contribution in [0.5, 0.6) is 5.75 Å². The molecule has 0 spiro atoms. The fourth-order valence-corrected chi connectivity index (χ4v) is 3.46. The molecule has 2 aromatic carbocycles. The second-order valence-electron chi connectivity index (χ2n) is 5.30. The summed E-state index contributed by atoms with van der Waals surface area (Å²) in [4.78, 5) is 0.711. The normalized spacial score (nSPS) is 12.0. The van der Waals surface area contributed by atoms with Gasteiger partial charge in [-0.2, -0.15) is 5.26 Å². The molecule has 4 heteroatoms. The average molecular weight is 322 g/mol. The maximum atomic E-state index is 9.12. The number of hydrogen-bond donors (Lipinski definition) is 1. The van der Waals surface area contributed by atoms with E-state index in [4.69, 9.17) is 10.00 Å². The number of rotatable bonds is 6. The quantitative estimate of drug-likeness (QED) is 0.726. The Kier molecular flexibility index (Phi) is 4.92. The number of thiophene rings is 1. The van der Waals surface area contributed by atoms with Gasteiger partial charge in [-0.1, -0.05) is 36.4 Å². The molecule has 0 saturated heterocycles. The summed E-state index contributed by atoms with van der Waals surface area (Å²) in [7, 11) is 1.95. The molecule has 0 aliphatic heterocycles. The van der Waals surface area contributed by atoms with Gasteiger partial charge in [-0.3, -0.25) is 0 Å². The van der Waals surface area contributed by atoms with Crippen LogP contribution in [0.3, 0.4) is 0 Å². The Bertz CT molecular complexity index is 820. The van der Waals surface area contributed by atoms with Crippen LogP contribution in [-0.4, -0.2) is 13.6 Å². The van der Waals surface area contributed by atoms with Gasteiger partial charge in [0.25, 0.3) is 0 Å². The van der Waals surface area contributed by atoms with E-state index in [1.165, 1.54) is 11.3 Å². The number of nitriles is 1. The second-order valence-corrected chi connectivity index (χ2v) is 6.38. The van der Waals surface area contributed by atoms with Crippen molar-refractivity contribution in [1.29, 1.82) is 5.26 Å². The predicted molar refractivity (Wildman–Crippen MR) is 94.9 cm³/mol. The van der Waals surface area contributed by atoms with Gasteiger partial charge in [0.15, 0.2) is 0 Å². The van der Waals surface area contributed by atoms with Gasteiger partial charge in [0.1, 0.15) is 22.8 Å². The molecule has 0 aliphatic carbocycles. The van der Waals surface area contributed by atoms with Crippen LogP contribution in [-0.2, 0) is 0 Å². The molecule has 0 amide bonds. The first-order chi connectivity index (χ1) is 11.3. The highest BCUT2D eigenvalue weighted by atomic mass is 32.1. The predicted octanol–water partition coefficient (Wildman–Crippen LogP) is 4.50. The minimum Gasteiger partial charge on any atom is -0.485 e. The van der Waals surface area contributed by atoms with Crippen molar-refractivity contribution in [3.05, 3.63) is 65.0 Å². The van der Waals surface area contributed by atoms with E-state index >= 15 is 0 Å². The molecule has 3 rings (SSSR count). The van der Waals surface area contributed by atoms with E-state index in [0.717, 1.165) is 34.4 Å². The minimum absolute atomic E-state index is 0.0142. The summed E-state index contributed by atoms with van der Waals surface area (Å²) < 4.78 is 7.41. The lowest BCUT2D eigenvalue weighted by molar-refractivity contribution is 0.197. The molecule has 1 N–H and O–H groups in total. The number of benzene rings is 2. The number of ether oxygens (including phenoxy) is 1. The molecule has 0 bridgehead atoms. The molecule has 0 radical (unpaired) electrons. The van der Waals surface area contributed by atoms with Gasteiger partial charge in [-0.15, -0.1) is 11.3 Å². The lowest BCUT2D eigenvalue weighted by Gasteiger charge is -2.20. The Labute approximate surface area is 140 Å². The van der Waals surface area contributed by atoms with Crippen LogP contribution in [0.1, 0.15) is 23.0 Å². The van der Waals surface area contributed by atoms with Crippen LogP contribution < -0.4 is 10.1 Å². The standard InChI is InChI=1S/C19H18N2OS/c1-21-11-10-17(14-6-3-2-4-7-14)22-18-8-5-9-19-16(18)12-15(13-20)23-19/h2-9,12,17,21H,10-11H2,1H3/t17-/m1/s1. The maximum absolute atomic E-state index is 9.12. The molecule has 1 aromatic heterocycles.